The third-order valence-corrected chi connectivity index (χ3v) is 4.67. The van der Waals surface area contributed by atoms with Crippen molar-refractivity contribution in [3.63, 3.8) is 0 Å². The molecular formula is C14H20BrN. The number of halogens is 1. The van der Waals surface area contributed by atoms with Gasteiger partial charge in [-0.3, -0.25) is 0 Å². The molecule has 1 atom stereocenters. The minimum absolute atomic E-state index is 0.0339. The Morgan fingerprint density at radius 1 is 1.31 bits per heavy atom. The molecule has 1 aromatic carbocycles. The fourth-order valence-electron chi connectivity index (χ4n) is 2.77. The molecule has 0 radical (unpaired) electrons. The Morgan fingerprint density at radius 2 is 2.06 bits per heavy atom. The van der Waals surface area contributed by atoms with E-state index in [0.29, 0.717) is 0 Å². The highest BCUT2D eigenvalue weighted by Crippen LogP contribution is 2.45. The molecule has 0 saturated heterocycles. The zero-order chi connectivity index (χ0) is 11.8. The van der Waals surface area contributed by atoms with Gasteiger partial charge in [-0.15, -0.1) is 0 Å². The number of hydrogen-bond donors (Lipinski definition) is 1. The molecule has 0 amide bonds. The van der Waals surface area contributed by atoms with Crippen molar-refractivity contribution < 1.29 is 0 Å². The SMILES string of the molecule is CC1(C)CCCC1(N)Cc1cccc(Br)c1. The first-order chi connectivity index (χ1) is 7.43. The predicted octanol–water partition coefficient (Wildman–Crippen LogP) is 3.90. The summed E-state index contributed by atoms with van der Waals surface area (Å²) < 4.78 is 1.14. The van der Waals surface area contributed by atoms with E-state index in [0.717, 1.165) is 17.3 Å². The molecule has 0 aliphatic heterocycles. The highest BCUT2D eigenvalue weighted by atomic mass is 79.9. The van der Waals surface area contributed by atoms with Crippen LogP contribution in [0.2, 0.25) is 0 Å². The zero-order valence-electron chi connectivity index (χ0n) is 10.1. The van der Waals surface area contributed by atoms with Gasteiger partial charge < -0.3 is 5.73 Å². The van der Waals surface area contributed by atoms with Crippen molar-refractivity contribution in [1.82, 2.24) is 0 Å². The second kappa shape index (κ2) is 4.15. The van der Waals surface area contributed by atoms with Gasteiger partial charge in [0, 0.05) is 10.0 Å². The first kappa shape index (κ1) is 12.1. The molecule has 88 valence electrons. The van der Waals surface area contributed by atoms with Crippen LogP contribution in [0.4, 0.5) is 0 Å². The fraction of sp³-hybridized carbons (Fsp3) is 0.571. The Balaban J connectivity index is 2.21. The molecule has 1 saturated carbocycles. The van der Waals surface area contributed by atoms with Crippen molar-refractivity contribution in [2.45, 2.75) is 45.1 Å². The maximum absolute atomic E-state index is 6.60. The van der Waals surface area contributed by atoms with Crippen LogP contribution in [-0.2, 0) is 6.42 Å². The molecule has 1 unspecified atom stereocenters. The van der Waals surface area contributed by atoms with E-state index in [2.05, 4.69) is 54.0 Å². The van der Waals surface area contributed by atoms with Gasteiger partial charge >= 0.3 is 0 Å². The van der Waals surface area contributed by atoms with Crippen LogP contribution in [-0.4, -0.2) is 5.54 Å². The van der Waals surface area contributed by atoms with Crippen LogP contribution in [0, 0.1) is 5.41 Å². The second-order valence-corrected chi connectivity index (χ2v) is 6.62. The van der Waals surface area contributed by atoms with Crippen molar-refractivity contribution in [1.29, 1.82) is 0 Å². The number of rotatable bonds is 2. The molecule has 16 heavy (non-hydrogen) atoms. The highest BCUT2D eigenvalue weighted by molar-refractivity contribution is 9.10. The number of nitrogens with two attached hydrogens (primary N) is 1. The van der Waals surface area contributed by atoms with E-state index in [1.165, 1.54) is 18.4 Å². The lowest BCUT2D eigenvalue weighted by Crippen LogP contribution is -2.50. The van der Waals surface area contributed by atoms with Gasteiger partial charge in [0.15, 0.2) is 0 Å². The maximum Gasteiger partial charge on any atom is 0.0246 e. The number of hydrogen-bond acceptors (Lipinski definition) is 1. The van der Waals surface area contributed by atoms with E-state index in [4.69, 9.17) is 5.73 Å². The molecule has 2 heteroatoms. The molecule has 2 rings (SSSR count). The Kier molecular flexibility index (Phi) is 3.15. The second-order valence-electron chi connectivity index (χ2n) is 5.70. The Bertz CT molecular complexity index is 386. The Labute approximate surface area is 107 Å². The molecule has 1 aliphatic carbocycles. The molecule has 1 aliphatic rings. The quantitative estimate of drug-likeness (QED) is 0.874. The summed E-state index contributed by atoms with van der Waals surface area (Å²) in [5.41, 5.74) is 8.17. The van der Waals surface area contributed by atoms with Crippen LogP contribution >= 0.6 is 15.9 Å². The van der Waals surface area contributed by atoms with Crippen molar-refractivity contribution >= 4 is 15.9 Å². The molecular weight excluding hydrogens is 262 g/mol. The summed E-state index contributed by atoms with van der Waals surface area (Å²) in [7, 11) is 0. The minimum Gasteiger partial charge on any atom is -0.324 e. The minimum atomic E-state index is -0.0339. The molecule has 2 N–H and O–H groups in total. The summed E-state index contributed by atoms with van der Waals surface area (Å²) in [6.07, 6.45) is 4.64. The summed E-state index contributed by atoms with van der Waals surface area (Å²) in [6.45, 7) is 4.61. The maximum atomic E-state index is 6.60. The molecule has 1 nitrogen and oxygen atoms in total. The average molecular weight is 282 g/mol. The predicted molar refractivity (Wildman–Crippen MR) is 72.4 cm³/mol. The lowest BCUT2D eigenvalue weighted by molar-refractivity contribution is 0.207. The van der Waals surface area contributed by atoms with Gasteiger partial charge in [-0.2, -0.15) is 0 Å². The average Bonchev–Trinajstić information content (AvgIpc) is 2.41. The van der Waals surface area contributed by atoms with Crippen LogP contribution in [0.25, 0.3) is 0 Å². The summed E-state index contributed by atoms with van der Waals surface area (Å²) in [5.74, 6) is 0. The van der Waals surface area contributed by atoms with Gasteiger partial charge in [0.1, 0.15) is 0 Å². The van der Waals surface area contributed by atoms with Crippen molar-refractivity contribution in [2.24, 2.45) is 11.1 Å². The molecule has 0 spiro atoms. The van der Waals surface area contributed by atoms with Gasteiger partial charge in [-0.1, -0.05) is 48.3 Å². The highest BCUT2D eigenvalue weighted by Gasteiger charge is 2.45. The van der Waals surface area contributed by atoms with Crippen LogP contribution in [0.1, 0.15) is 38.7 Å². The first-order valence-corrected chi connectivity index (χ1v) is 6.76. The third kappa shape index (κ3) is 2.18. The topological polar surface area (TPSA) is 26.0 Å². The van der Waals surface area contributed by atoms with E-state index in [1.807, 2.05) is 0 Å². The summed E-state index contributed by atoms with van der Waals surface area (Å²) >= 11 is 3.52. The van der Waals surface area contributed by atoms with Gasteiger partial charge in [0.05, 0.1) is 0 Å². The monoisotopic (exact) mass is 281 g/mol. The van der Waals surface area contributed by atoms with Crippen molar-refractivity contribution in [2.75, 3.05) is 0 Å². The van der Waals surface area contributed by atoms with Crippen LogP contribution in [0.3, 0.4) is 0 Å². The molecule has 0 aromatic heterocycles. The van der Waals surface area contributed by atoms with Crippen molar-refractivity contribution in [3.05, 3.63) is 34.3 Å². The largest absolute Gasteiger partial charge is 0.324 e. The molecule has 0 heterocycles. The normalized spacial score (nSPS) is 28.2. The number of benzene rings is 1. The van der Waals surface area contributed by atoms with Crippen molar-refractivity contribution in [3.8, 4) is 0 Å². The summed E-state index contributed by atoms with van der Waals surface area (Å²) in [4.78, 5) is 0. The van der Waals surface area contributed by atoms with E-state index < -0.39 is 0 Å². The van der Waals surface area contributed by atoms with E-state index in [1.54, 1.807) is 0 Å². The summed E-state index contributed by atoms with van der Waals surface area (Å²) in [5, 5.41) is 0. The van der Waals surface area contributed by atoms with Gasteiger partial charge in [-0.25, -0.2) is 0 Å². The smallest absolute Gasteiger partial charge is 0.0246 e. The summed E-state index contributed by atoms with van der Waals surface area (Å²) in [6, 6.07) is 8.51. The van der Waals surface area contributed by atoms with E-state index >= 15 is 0 Å². The molecule has 0 bridgehead atoms. The lowest BCUT2D eigenvalue weighted by atomic mass is 9.72. The standard InChI is InChI=1S/C14H20BrN/c1-13(2)7-4-8-14(13,16)10-11-5-3-6-12(15)9-11/h3,5-6,9H,4,7-8,10,16H2,1-2H3. The Hall–Kier alpha value is -0.340. The van der Waals surface area contributed by atoms with Crippen LogP contribution in [0.5, 0.6) is 0 Å². The first-order valence-electron chi connectivity index (χ1n) is 5.96. The van der Waals surface area contributed by atoms with Crippen LogP contribution in [0.15, 0.2) is 28.7 Å². The van der Waals surface area contributed by atoms with Gasteiger partial charge in [0.2, 0.25) is 0 Å². The van der Waals surface area contributed by atoms with E-state index in [-0.39, 0.29) is 11.0 Å². The van der Waals surface area contributed by atoms with Gasteiger partial charge in [0.25, 0.3) is 0 Å². The van der Waals surface area contributed by atoms with Gasteiger partial charge in [-0.05, 0) is 42.4 Å². The molecule has 1 fully saturated rings. The fourth-order valence-corrected chi connectivity index (χ4v) is 3.22. The third-order valence-electron chi connectivity index (χ3n) is 4.18. The lowest BCUT2D eigenvalue weighted by Gasteiger charge is -2.38. The zero-order valence-corrected chi connectivity index (χ0v) is 11.7. The van der Waals surface area contributed by atoms with Crippen LogP contribution < -0.4 is 5.73 Å². The van der Waals surface area contributed by atoms with E-state index in [9.17, 15) is 0 Å². The Morgan fingerprint density at radius 3 is 2.62 bits per heavy atom. The molecule has 1 aromatic rings.